The molecule has 1 N–H and O–H groups in total. The predicted molar refractivity (Wildman–Crippen MR) is 149 cm³/mol. The van der Waals surface area contributed by atoms with Crippen molar-refractivity contribution in [1.29, 1.82) is 0 Å². The predicted octanol–water partition coefficient (Wildman–Crippen LogP) is 4.49. The molecule has 0 aliphatic rings. The number of nitrogens with one attached hydrogen (secondary N) is 1. The van der Waals surface area contributed by atoms with Crippen molar-refractivity contribution < 1.29 is 22.7 Å². The Morgan fingerprint density at radius 2 is 1.61 bits per heavy atom. The highest BCUT2D eigenvalue weighted by Gasteiger charge is 2.33. The molecule has 3 aromatic rings. The maximum Gasteiger partial charge on any atom is 0.264 e. The number of ether oxygens (including phenoxy) is 1. The average molecular weight is 558 g/mol. The zero-order valence-electron chi connectivity index (χ0n) is 21.6. The van der Waals surface area contributed by atoms with Crippen molar-refractivity contribution in [2.75, 3.05) is 24.5 Å². The summed E-state index contributed by atoms with van der Waals surface area (Å²) in [6.45, 7) is 3.55. The molecule has 0 unspecified atom stereocenters. The summed E-state index contributed by atoms with van der Waals surface area (Å²) < 4.78 is 33.6. The van der Waals surface area contributed by atoms with Crippen LogP contribution in [0.2, 0.25) is 5.02 Å². The molecule has 0 aromatic heterocycles. The van der Waals surface area contributed by atoms with Crippen LogP contribution < -0.4 is 14.4 Å². The molecule has 0 aliphatic carbocycles. The van der Waals surface area contributed by atoms with Crippen molar-refractivity contribution >= 4 is 39.1 Å². The van der Waals surface area contributed by atoms with Gasteiger partial charge in [0, 0.05) is 13.1 Å². The second-order valence-electron chi connectivity index (χ2n) is 8.61. The van der Waals surface area contributed by atoms with Crippen LogP contribution in [0.15, 0.2) is 83.8 Å². The normalized spacial score (nSPS) is 11.9. The van der Waals surface area contributed by atoms with Gasteiger partial charge in [0.25, 0.3) is 10.0 Å². The number of carbonyl (C=O) groups excluding carboxylic acids is 2. The first-order chi connectivity index (χ1) is 18.2. The number of sulfonamides is 1. The van der Waals surface area contributed by atoms with Crippen LogP contribution in [0.5, 0.6) is 5.75 Å². The number of benzene rings is 3. The lowest BCUT2D eigenvalue weighted by molar-refractivity contribution is -0.139. The van der Waals surface area contributed by atoms with E-state index in [1.54, 1.807) is 80.8 Å². The van der Waals surface area contributed by atoms with Crippen molar-refractivity contribution in [3.05, 3.63) is 89.4 Å². The van der Waals surface area contributed by atoms with E-state index in [0.29, 0.717) is 12.3 Å². The Morgan fingerprint density at radius 3 is 2.21 bits per heavy atom. The first-order valence-corrected chi connectivity index (χ1v) is 14.0. The van der Waals surface area contributed by atoms with Crippen LogP contribution in [0.4, 0.5) is 5.69 Å². The molecule has 0 fully saturated rings. The van der Waals surface area contributed by atoms with Gasteiger partial charge < -0.3 is 15.0 Å². The molecule has 0 radical (unpaired) electrons. The van der Waals surface area contributed by atoms with E-state index in [1.807, 2.05) is 6.92 Å². The molecule has 8 nitrogen and oxygen atoms in total. The largest absolute Gasteiger partial charge is 0.497 e. The van der Waals surface area contributed by atoms with Crippen LogP contribution in [0, 0.1) is 0 Å². The molecule has 0 saturated heterocycles. The van der Waals surface area contributed by atoms with E-state index in [2.05, 4.69) is 5.32 Å². The Labute approximate surface area is 229 Å². The Bertz CT molecular complexity index is 1330. The lowest BCUT2D eigenvalue weighted by Crippen LogP contribution is -2.51. The zero-order valence-corrected chi connectivity index (χ0v) is 23.2. The number of methoxy groups -OCH3 is 1. The number of hydrogen-bond donors (Lipinski definition) is 1. The number of anilines is 1. The highest BCUT2D eigenvalue weighted by molar-refractivity contribution is 7.92. The number of para-hydroxylation sites is 1. The molecule has 38 heavy (non-hydrogen) atoms. The molecule has 1 atom stereocenters. The fraction of sp³-hybridized carbons (Fsp3) is 0.286. The van der Waals surface area contributed by atoms with Crippen molar-refractivity contribution in [3.8, 4) is 5.75 Å². The van der Waals surface area contributed by atoms with Gasteiger partial charge in [0.15, 0.2) is 0 Å². The lowest BCUT2D eigenvalue weighted by Gasteiger charge is -2.32. The first kappa shape index (κ1) is 29.0. The summed E-state index contributed by atoms with van der Waals surface area (Å²) >= 11 is 6.40. The second-order valence-corrected chi connectivity index (χ2v) is 10.9. The molecule has 2 amide bonds. The average Bonchev–Trinajstić information content (AvgIpc) is 2.94. The summed E-state index contributed by atoms with van der Waals surface area (Å²) in [5.41, 5.74) is 0.920. The smallest absolute Gasteiger partial charge is 0.264 e. The summed E-state index contributed by atoms with van der Waals surface area (Å²) in [6.07, 6.45) is 0.737. The molecule has 0 saturated carbocycles. The third kappa shape index (κ3) is 7.05. The van der Waals surface area contributed by atoms with Crippen LogP contribution >= 0.6 is 11.6 Å². The fourth-order valence-corrected chi connectivity index (χ4v) is 5.54. The lowest BCUT2D eigenvalue weighted by atomic mass is 10.1. The van der Waals surface area contributed by atoms with Gasteiger partial charge in [-0.05, 0) is 55.3 Å². The van der Waals surface area contributed by atoms with Gasteiger partial charge in [-0.1, -0.05) is 61.0 Å². The first-order valence-electron chi connectivity index (χ1n) is 12.2. The molecular formula is C28H32ClN3O5S. The van der Waals surface area contributed by atoms with Gasteiger partial charge >= 0.3 is 0 Å². The van der Waals surface area contributed by atoms with E-state index in [0.717, 1.165) is 16.3 Å². The summed E-state index contributed by atoms with van der Waals surface area (Å²) in [4.78, 5) is 28.1. The number of carbonyl (C=O) groups is 2. The van der Waals surface area contributed by atoms with Crippen LogP contribution in [0.3, 0.4) is 0 Å². The quantitative estimate of drug-likeness (QED) is 0.354. The molecule has 0 spiro atoms. The van der Waals surface area contributed by atoms with Crippen molar-refractivity contribution in [2.45, 2.75) is 37.8 Å². The molecule has 10 heteroatoms. The van der Waals surface area contributed by atoms with E-state index < -0.39 is 28.5 Å². The summed E-state index contributed by atoms with van der Waals surface area (Å²) in [6, 6.07) is 20.5. The Hall–Kier alpha value is -3.56. The number of nitrogens with zero attached hydrogens (tertiary/aromatic N) is 2. The number of hydrogen-bond acceptors (Lipinski definition) is 5. The summed E-state index contributed by atoms with van der Waals surface area (Å²) in [5, 5.41) is 2.99. The standard InChI is InChI=1S/C28H32ClN3O5S/c1-4-18-30-28(34)21(2)31(19-22-14-16-23(37-3)17-15-22)27(33)20-32(26-13-9-8-12-25(26)29)38(35,36)24-10-6-5-7-11-24/h5-17,21H,4,18-20H2,1-3H3,(H,30,34)/t21-/m1/s1. The Kier molecular flexibility index (Phi) is 10.2. The Morgan fingerprint density at radius 1 is 0.974 bits per heavy atom. The monoisotopic (exact) mass is 557 g/mol. The highest BCUT2D eigenvalue weighted by Crippen LogP contribution is 2.30. The number of halogens is 1. The van der Waals surface area contributed by atoms with Gasteiger partial charge in [-0.2, -0.15) is 0 Å². The van der Waals surface area contributed by atoms with E-state index >= 15 is 0 Å². The van der Waals surface area contributed by atoms with E-state index in [4.69, 9.17) is 16.3 Å². The van der Waals surface area contributed by atoms with Crippen LogP contribution in [0.1, 0.15) is 25.8 Å². The second kappa shape index (κ2) is 13.3. The number of amides is 2. The van der Waals surface area contributed by atoms with Gasteiger partial charge in [-0.15, -0.1) is 0 Å². The molecule has 0 bridgehead atoms. The highest BCUT2D eigenvalue weighted by atomic mass is 35.5. The van der Waals surface area contributed by atoms with E-state index in [-0.39, 0.29) is 28.1 Å². The van der Waals surface area contributed by atoms with Crippen molar-refractivity contribution in [2.24, 2.45) is 0 Å². The minimum atomic E-state index is -4.16. The SMILES string of the molecule is CCCNC(=O)[C@@H](C)N(Cc1ccc(OC)cc1)C(=O)CN(c1ccccc1Cl)S(=O)(=O)c1ccccc1. The molecule has 3 rings (SSSR count). The maximum absolute atomic E-state index is 13.8. The summed E-state index contributed by atoms with van der Waals surface area (Å²) in [7, 11) is -2.61. The maximum atomic E-state index is 13.8. The third-order valence-electron chi connectivity index (χ3n) is 5.96. The van der Waals surface area contributed by atoms with Gasteiger partial charge in [0.2, 0.25) is 11.8 Å². The zero-order chi connectivity index (χ0) is 27.7. The van der Waals surface area contributed by atoms with Gasteiger partial charge in [-0.3, -0.25) is 13.9 Å². The van der Waals surface area contributed by atoms with Crippen molar-refractivity contribution in [1.82, 2.24) is 10.2 Å². The van der Waals surface area contributed by atoms with Crippen LogP contribution in [-0.2, 0) is 26.2 Å². The molecule has 0 aliphatic heterocycles. The Balaban J connectivity index is 2.01. The molecular weight excluding hydrogens is 526 g/mol. The molecule has 3 aromatic carbocycles. The fourth-order valence-electron chi connectivity index (χ4n) is 3.79. The van der Waals surface area contributed by atoms with Gasteiger partial charge in [-0.25, -0.2) is 8.42 Å². The topological polar surface area (TPSA) is 96.0 Å². The van der Waals surface area contributed by atoms with Gasteiger partial charge in [0.05, 0.1) is 22.7 Å². The number of rotatable bonds is 12. The minimum Gasteiger partial charge on any atom is -0.497 e. The van der Waals surface area contributed by atoms with E-state index in [1.165, 1.54) is 17.0 Å². The minimum absolute atomic E-state index is 0.0168. The van der Waals surface area contributed by atoms with Crippen LogP contribution in [-0.4, -0.2) is 51.4 Å². The van der Waals surface area contributed by atoms with Crippen molar-refractivity contribution in [3.63, 3.8) is 0 Å². The third-order valence-corrected chi connectivity index (χ3v) is 8.05. The molecule has 202 valence electrons. The summed E-state index contributed by atoms with van der Waals surface area (Å²) in [5.74, 6) is -0.234. The van der Waals surface area contributed by atoms with Gasteiger partial charge in [0.1, 0.15) is 18.3 Å². The molecule has 0 heterocycles. The van der Waals surface area contributed by atoms with E-state index in [9.17, 15) is 18.0 Å². The van der Waals surface area contributed by atoms with Crippen LogP contribution in [0.25, 0.3) is 0 Å².